The van der Waals surface area contributed by atoms with E-state index in [1.165, 1.54) is 0 Å². The fourth-order valence-electron chi connectivity index (χ4n) is 2.95. The number of aliphatic hydroxyl groups is 3. The highest BCUT2D eigenvalue weighted by Crippen LogP contribution is 2.47. The number of carbonyl (C=O) groups is 3. The molecular formula is C14H18N4O8. The summed E-state index contributed by atoms with van der Waals surface area (Å²) < 4.78 is 5.80. The van der Waals surface area contributed by atoms with E-state index in [2.05, 4.69) is 9.97 Å². The standard InChI is InChI=1S/C14H18N4O8/c1-5(19)8(22)9-13(24,6(2)20)14(25,7(3)21)10(26-9)18-4-16-11(15)17-12(18)23/h4,8-10,22,24-25H,1-3H3,(H2,15,17,23)/t8?,9?,10?,13-,14+/m1/s1. The monoisotopic (exact) mass is 370 g/mol. The molecule has 0 saturated carbocycles. The first-order chi connectivity index (χ1) is 11.9. The Morgan fingerprint density at radius 3 is 2.19 bits per heavy atom. The zero-order valence-corrected chi connectivity index (χ0v) is 14.1. The van der Waals surface area contributed by atoms with Crippen LogP contribution in [0.1, 0.15) is 27.0 Å². The quantitative estimate of drug-likeness (QED) is 0.405. The summed E-state index contributed by atoms with van der Waals surface area (Å²) in [5.41, 5.74) is -1.86. The molecule has 1 saturated heterocycles. The molecule has 0 aliphatic carbocycles. The first-order valence-corrected chi connectivity index (χ1v) is 7.40. The number of ether oxygens (including phenoxy) is 1. The molecule has 1 aliphatic heterocycles. The Morgan fingerprint density at radius 1 is 1.23 bits per heavy atom. The van der Waals surface area contributed by atoms with Gasteiger partial charge in [-0.25, -0.2) is 9.78 Å². The molecular weight excluding hydrogens is 352 g/mol. The molecule has 3 unspecified atom stereocenters. The fraction of sp³-hybridized carbons (Fsp3) is 0.571. The van der Waals surface area contributed by atoms with Crippen molar-refractivity contribution in [3.05, 3.63) is 16.8 Å². The molecule has 5 N–H and O–H groups in total. The van der Waals surface area contributed by atoms with Crippen LogP contribution in [-0.2, 0) is 19.1 Å². The van der Waals surface area contributed by atoms with E-state index in [4.69, 9.17) is 10.5 Å². The van der Waals surface area contributed by atoms with Crippen LogP contribution in [0.5, 0.6) is 0 Å². The number of nitrogens with two attached hydrogens (primary N) is 1. The van der Waals surface area contributed by atoms with Gasteiger partial charge in [0.25, 0.3) is 0 Å². The molecule has 0 aromatic carbocycles. The number of carbonyl (C=O) groups excluding carboxylic acids is 3. The largest absolute Gasteiger partial charge is 0.382 e. The maximum Gasteiger partial charge on any atom is 0.354 e. The molecule has 2 heterocycles. The predicted molar refractivity (Wildman–Crippen MR) is 82.6 cm³/mol. The van der Waals surface area contributed by atoms with Gasteiger partial charge in [0.15, 0.2) is 29.2 Å². The smallest absolute Gasteiger partial charge is 0.354 e. The van der Waals surface area contributed by atoms with Gasteiger partial charge in [0.2, 0.25) is 11.5 Å². The van der Waals surface area contributed by atoms with Crippen LogP contribution in [0, 0.1) is 0 Å². The van der Waals surface area contributed by atoms with Gasteiger partial charge in [0.05, 0.1) is 0 Å². The van der Waals surface area contributed by atoms with E-state index in [0.717, 1.165) is 27.1 Å². The molecule has 12 nitrogen and oxygen atoms in total. The second kappa shape index (κ2) is 6.32. The lowest BCUT2D eigenvalue weighted by molar-refractivity contribution is -0.184. The molecule has 26 heavy (non-hydrogen) atoms. The summed E-state index contributed by atoms with van der Waals surface area (Å²) in [5.74, 6) is -3.62. The molecule has 1 aromatic rings. The van der Waals surface area contributed by atoms with E-state index >= 15 is 0 Å². The number of Topliss-reactive ketones (excluding diaryl/α,β-unsaturated/α-hetero) is 3. The van der Waals surface area contributed by atoms with Crippen molar-refractivity contribution >= 4 is 23.3 Å². The van der Waals surface area contributed by atoms with Crippen molar-refractivity contribution < 1.29 is 34.4 Å². The second-order valence-electron chi connectivity index (χ2n) is 6.01. The van der Waals surface area contributed by atoms with Crippen LogP contribution < -0.4 is 11.4 Å². The van der Waals surface area contributed by atoms with Gasteiger partial charge in [-0.15, -0.1) is 0 Å². The van der Waals surface area contributed by atoms with Crippen LogP contribution in [-0.4, -0.2) is 70.6 Å². The Bertz CT molecular complexity index is 838. The molecule has 2 rings (SSSR count). The van der Waals surface area contributed by atoms with Crippen molar-refractivity contribution in [1.29, 1.82) is 0 Å². The topological polar surface area (TPSA) is 195 Å². The van der Waals surface area contributed by atoms with Gasteiger partial charge in [-0.1, -0.05) is 0 Å². The SMILES string of the molecule is CC(=O)C(O)C1OC(n2cnc(N)nc2=O)[C@@](O)(C(C)=O)[C@@]1(O)C(C)=O. The number of hydrogen-bond acceptors (Lipinski definition) is 11. The first kappa shape index (κ1) is 19.8. The molecule has 5 atom stereocenters. The van der Waals surface area contributed by atoms with Gasteiger partial charge in [-0.2, -0.15) is 4.98 Å². The Balaban J connectivity index is 2.77. The summed E-state index contributed by atoms with van der Waals surface area (Å²) >= 11 is 0. The molecule has 142 valence electrons. The van der Waals surface area contributed by atoms with E-state index in [1.807, 2.05) is 0 Å². The van der Waals surface area contributed by atoms with Gasteiger partial charge >= 0.3 is 5.69 Å². The summed E-state index contributed by atoms with van der Waals surface area (Å²) in [7, 11) is 0. The summed E-state index contributed by atoms with van der Waals surface area (Å²) in [6.45, 7) is 2.63. The Kier molecular flexibility index (Phi) is 4.81. The molecule has 1 fully saturated rings. The van der Waals surface area contributed by atoms with Crippen LogP contribution in [0.2, 0.25) is 0 Å². The number of anilines is 1. The maximum absolute atomic E-state index is 12.2. The number of nitrogen functional groups attached to an aromatic ring is 1. The molecule has 12 heteroatoms. The van der Waals surface area contributed by atoms with Crippen LogP contribution in [0.3, 0.4) is 0 Å². The van der Waals surface area contributed by atoms with Gasteiger partial charge in [0.1, 0.15) is 18.5 Å². The van der Waals surface area contributed by atoms with Crippen molar-refractivity contribution in [2.75, 3.05) is 5.73 Å². The third-order valence-electron chi connectivity index (χ3n) is 4.40. The van der Waals surface area contributed by atoms with Gasteiger partial charge in [-0.05, 0) is 20.8 Å². The lowest BCUT2D eigenvalue weighted by Crippen LogP contribution is -2.68. The third-order valence-corrected chi connectivity index (χ3v) is 4.40. The first-order valence-electron chi connectivity index (χ1n) is 7.40. The predicted octanol–water partition coefficient (Wildman–Crippen LogP) is -3.29. The van der Waals surface area contributed by atoms with Crippen LogP contribution >= 0.6 is 0 Å². The lowest BCUT2D eigenvalue weighted by Gasteiger charge is -2.37. The summed E-state index contributed by atoms with van der Waals surface area (Å²) in [6, 6.07) is 0. The third kappa shape index (κ3) is 2.54. The number of hydrogen-bond donors (Lipinski definition) is 4. The molecule has 1 aromatic heterocycles. The highest BCUT2D eigenvalue weighted by molar-refractivity contribution is 5.99. The van der Waals surface area contributed by atoms with E-state index in [0.29, 0.717) is 4.57 Å². The summed E-state index contributed by atoms with van der Waals surface area (Å²) in [5, 5.41) is 31.9. The average Bonchev–Trinajstić information content (AvgIpc) is 2.78. The van der Waals surface area contributed by atoms with E-state index in [1.54, 1.807) is 0 Å². The Hall–Kier alpha value is -2.54. The van der Waals surface area contributed by atoms with Crippen LogP contribution in [0.15, 0.2) is 11.1 Å². The van der Waals surface area contributed by atoms with Crippen molar-refractivity contribution in [3.8, 4) is 0 Å². The fourth-order valence-corrected chi connectivity index (χ4v) is 2.95. The Labute approximate surface area is 146 Å². The normalized spacial score (nSPS) is 32.2. The number of rotatable bonds is 5. The second-order valence-corrected chi connectivity index (χ2v) is 6.01. The Morgan fingerprint density at radius 2 is 1.77 bits per heavy atom. The molecule has 0 bridgehead atoms. The van der Waals surface area contributed by atoms with Crippen LogP contribution in [0.4, 0.5) is 5.95 Å². The number of aromatic nitrogens is 3. The summed E-state index contributed by atoms with van der Waals surface area (Å²) in [4.78, 5) is 54.8. The average molecular weight is 370 g/mol. The van der Waals surface area contributed by atoms with E-state index in [9.17, 15) is 34.5 Å². The zero-order valence-electron chi connectivity index (χ0n) is 14.1. The van der Waals surface area contributed by atoms with E-state index < -0.39 is 58.6 Å². The molecule has 0 spiro atoms. The highest BCUT2D eigenvalue weighted by atomic mass is 16.6. The van der Waals surface area contributed by atoms with Crippen molar-refractivity contribution in [2.24, 2.45) is 0 Å². The highest BCUT2D eigenvalue weighted by Gasteiger charge is 2.73. The number of aliphatic hydroxyl groups excluding tert-OH is 1. The molecule has 0 radical (unpaired) electrons. The van der Waals surface area contributed by atoms with Crippen LogP contribution in [0.25, 0.3) is 0 Å². The van der Waals surface area contributed by atoms with Crippen molar-refractivity contribution in [1.82, 2.24) is 14.5 Å². The minimum absolute atomic E-state index is 0.405. The molecule has 1 aliphatic rings. The van der Waals surface area contributed by atoms with Gasteiger partial charge < -0.3 is 25.8 Å². The molecule has 0 amide bonds. The zero-order chi connectivity index (χ0) is 20.0. The minimum Gasteiger partial charge on any atom is -0.382 e. The van der Waals surface area contributed by atoms with Crippen molar-refractivity contribution in [3.63, 3.8) is 0 Å². The number of nitrogens with zero attached hydrogens (tertiary/aromatic N) is 3. The lowest BCUT2D eigenvalue weighted by atomic mass is 9.73. The van der Waals surface area contributed by atoms with Gasteiger partial charge in [-0.3, -0.25) is 19.0 Å². The maximum atomic E-state index is 12.2. The van der Waals surface area contributed by atoms with Gasteiger partial charge in [0, 0.05) is 0 Å². The van der Waals surface area contributed by atoms with E-state index in [-0.39, 0.29) is 0 Å². The summed E-state index contributed by atoms with van der Waals surface area (Å²) in [6.07, 6.45) is -5.31. The minimum atomic E-state index is -3.02. The van der Waals surface area contributed by atoms with Crippen molar-refractivity contribution in [2.45, 2.75) is 50.4 Å². The number of ketones is 3.